The van der Waals surface area contributed by atoms with Gasteiger partial charge in [0.15, 0.2) is 0 Å². The maximum absolute atomic E-state index is 11.6. The van der Waals surface area contributed by atoms with E-state index in [1.54, 1.807) is 0 Å². The van der Waals surface area contributed by atoms with Gasteiger partial charge in [-0.3, -0.25) is 4.79 Å². The average Bonchev–Trinajstić information content (AvgIpc) is 2.35. The summed E-state index contributed by atoms with van der Waals surface area (Å²) in [5.41, 5.74) is 0.592. The lowest BCUT2D eigenvalue weighted by Crippen LogP contribution is -2.28. The highest BCUT2D eigenvalue weighted by Gasteiger charge is 2.14. The number of hydrogen-bond donors (Lipinski definition) is 4. The van der Waals surface area contributed by atoms with Crippen LogP contribution in [0.2, 0.25) is 0 Å². The van der Waals surface area contributed by atoms with Gasteiger partial charge in [0.2, 0.25) is 5.91 Å². The van der Waals surface area contributed by atoms with Gasteiger partial charge in [0.25, 0.3) is 10.0 Å². The topological polar surface area (TPSA) is 116 Å². The largest absolute Gasteiger partial charge is 0.394 e. The summed E-state index contributed by atoms with van der Waals surface area (Å²) >= 11 is 0. The fourth-order valence-corrected chi connectivity index (χ4v) is 2.29. The molecule has 106 valence electrons. The third-order valence-corrected chi connectivity index (χ3v) is 3.64. The molecule has 7 nitrogen and oxygen atoms in total. The molecule has 0 fully saturated rings. The van der Waals surface area contributed by atoms with Crippen LogP contribution in [0.15, 0.2) is 29.2 Å². The van der Waals surface area contributed by atoms with E-state index in [4.69, 9.17) is 10.2 Å². The summed E-state index contributed by atoms with van der Waals surface area (Å²) in [6.07, 6.45) is -0.886. The first-order chi connectivity index (χ1) is 8.85. The molecule has 0 aliphatic rings. The molecule has 0 bridgehead atoms. The summed E-state index contributed by atoms with van der Waals surface area (Å²) in [6, 6.07) is 5.66. The Hall–Kier alpha value is -1.64. The fourth-order valence-electron chi connectivity index (χ4n) is 1.30. The van der Waals surface area contributed by atoms with E-state index in [1.165, 1.54) is 24.3 Å². The number of sulfonamides is 1. The van der Waals surface area contributed by atoms with Crippen molar-refractivity contribution in [1.82, 2.24) is 4.72 Å². The average molecular weight is 288 g/mol. The predicted octanol–water partition coefficient (Wildman–Crippen LogP) is -0.724. The Balaban J connectivity index is 2.74. The molecule has 0 heterocycles. The van der Waals surface area contributed by atoms with E-state index in [9.17, 15) is 13.2 Å². The van der Waals surface area contributed by atoms with Crippen molar-refractivity contribution in [2.24, 2.45) is 0 Å². The van der Waals surface area contributed by atoms with Crippen molar-refractivity contribution in [2.45, 2.75) is 17.9 Å². The van der Waals surface area contributed by atoms with Crippen molar-refractivity contribution in [3.05, 3.63) is 24.3 Å². The number of nitrogens with one attached hydrogen (secondary N) is 2. The zero-order chi connectivity index (χ0) is 14.5. The van der Waals surface area contributed by atoms with Gasteiger partial charge in [0.1, 0.15) is 0 Å². The monoisotopic (exact) mass is 288 g/mol. The van der Waals surface area contributed by atoms with Gasteiger partial charge in [-0.2, -0.15) is 0 Å². The molecule has 0 saturated carbocycles. The fraction of sp³-hybridized carbons (Fsp3) is 0.364. The Labute approximate surface area is 111 Å². The minimum absolute atomic E-state index is 0.0315. The number of rotatable bonds is 6. The van der Waals surface area contributed by atoms with Crippen LogP contribution in [0.4, 0.5) is 5.69 Å². The van der Waals surface area contributed by atoms with Crippen LogP contribution in [0.1, 0.15) is 6.92 Å². The van der Waals surface area contributed by atoms with Crippen molar-refractivity contribution in [1.29, 1.82) is 0 Å². The molecule has 1 unspecified atom stereocenters. The highest BCUT2D eigenvalue weighted by atomic mass is 32.2. The molecule has 0 aliphatic carbocycles. The van der Waals surface area contributed by atoms with Crippen molar-refractivity contribution in [3.63, 3.8) is 0 Å². The van der Waals surface area contributed by atoms with E-state index in [0.29, 0.717) is 5.69 Å². The van der Waals surface area contributed by atoms with Crippen LogP contribution in [-0.4, -0.2) is 43.8 Å². The van der Waals surface area contributed by atoms with Crippen LogP contribution in [0.5, 0.6) is 0 Å². The minimum Gasteiger partial charge on any atom is -0.394 e. The lowest BCUT2D eigenvalue weighted by Gasteiger charge is -2.11. The van der Waals surface area contributed by atoms with Crippen molar-refractivity contribution < 1.29 is 23.4 Å². The van der Waals surface area contributed by atoms with Gasteiger partial charge in [0, 0.05) is 19.2 Å². The summed E-state index contributed by atoms with van der Waals surface area (Å²) in [7, 11) is -3.83. The number of aliphatic hydroxyl groups is 2. The first-order valence-electron chi connectivity index (χ1n) is 5.51. The van der Waals surface area contributed by atoms with Gasteiger partial charge in [-0.25, -0.2) is 13.1 Å². The maximum atomic E-state index is 11.6. The smallest absolute Gasteiger partial charge is 0.264 e. The number of anilines is 1. The standard InChI is InChI=1S/C11H16N2O5S/c1-8(15)13-19(17,18)11-4-2-9(3-5-11)12-6-10(16)7-14/h2-5,10,12,14,16H,6-7H2,1H3,(H,13,15). The van der Waals surface area contributed by atoms with Crippen LogP contribution in [0.3, 0.4) is 0 Å². The van der Waals surface area contributed by atoms with E-state index in [0.717, 1.165) is 6.92 Å². The van der Waals surface area contributed by atoms with Crippen LogP contribution in [-0.2, 0) is 14.8 Å². The predicted molar refractivity (Wildman–Crippen MR) is 69.0 cm³/mol. The first kappa shape index (κ1) is 15.4. The number of benzene rings is 1. The highest BCUT2D eigenvalue weighted by Crippen LogP contribution is 2.13. The maximum Gasteiger partial charge on any atom is 0.264 e. The molecule has 4 N–H and O–H groups in total. The summed E-state index contributed by atoms with van der Waals surface area (Å²) in [4.78, 5) is 10.7. The Kier molecular flexibility index (Phi) is 5.28. The number of carbonyl (C=O) groups excluding carboxylic acids is 1. The number of amides is 1. The molecule has 1 rings (SSSR count). The van der Waals surface area contributed by atoms with Crippen LogP contribution in [0, 0.1) is 0 Å². The Morgan fingerprint density at radius 3 is 2.37 bits per heavy atom. The third-order valence-electron chi connectivity index (χ3n) is 2.20. The van der Waals surface area contributed by atoms with Crippen LogP contribution in [0.25, 0.3) is 0 Å². The summed E-state index contributed by atoms with van der Waals surface area (Å²) in [5, 5.41) is 20.6. The zero-order valence-electron chi connectivity index (χ0n) is 10.3. The molecule has 0 spiro atoms. The van der Waals surface area contributed by atoms with Gasteiger partial charge in [0.05, 0.1) is 17.6 Å². The summed E-state index contributed by atoms with van der Waals surface area (Å²) in [5.74, 6) is -0.659. The van der Waals surface area contributed by atoms with Gasteiger partial charge in [-0.15, -0.1) is 0 Å². The second-order valence-electron chi connectivity index (χ2n) is 3.90. The molecule has 0 aromatic heterocycles. The second-order valence-corrected chi connectivity index (χ2v) is 5.59. The molecule has 19 heavy (non-hydrogen) atoms. The van der Waals surface area contributed by atoms with E-state index in [1.807, 2.05) is 4.72 Å². The number of hydrogen-bond acceptors (Lipinski definition) is 6. The summed E-state index contributed by atoms with van der Waals surface area (Å²) < 4.78 is 25.1. The third kappa shape index (κ3) is 4.86. The number of aliphatic hydroxyl groups excluding tert-OH is 2. The SMILES string of the molecule is CC(=O)NS(=O)(=O)c1ccc(NCC(O)CO)cc1. The normalized spacial score (nSPS) is 12.8. The van der Waals surface area contributed by atoms with Gasteiger partial charge in [-0.1, -0.05) is 0 Å². The van der Waals surface area contributed by atoms with Crippen LogP contribution < -0.4 is 10.0 Å². The number of carbonyl (C=O) groups is 1. The quantitative estimate of drug-likeness (QED) is 0.549. The van der Waals surface area contributed by atoms with Crippen molar-refractivity contribution in [2.75, 3.05) is 18.5 Å². The summed E-state index contributed by atoms with van der Waals surface area (Å²) in [6.45, 7) is 0.903. The van der Waals surface area contributed by atoms with Gasteiger partial charge >= 0.3 is 0 Å². The van der Waals surface area contributed by atoms with E-state index >= 15 is 0 Å². The lowest BCUT2D eigenvalue weighted by molar-refractivity contribution is -0.117. The molecule has 0 radical (unpaired) electrons. The first-order valence-corrected chi connectivity index (χ1v) is 6.99. The second kappa shape index (κ2) is 6.50. The van der Waals surface area contributed by atoms with Gasteiger partial charge in [-0.05, 0) is 24.3 Å². The molecule has 8 heteroatoms. The zero-order valence-corrected chi connectivity index (χ0v) is 11.1. The lowest BCUT2D eigenvalue weighted by atomic mass is 10.3. The molecular formula is C11H16N2O5S. The van der Waals surface area contributed by atoms with Crippen molar-refractivity contribution >= 4 is 21.6 Å². The highest BCUT2D eigenvalue weighted by molar-refractivity contribution is 7.90. The molecule has 0 aliphatic heterocycles. The van der Waals surface area contributed by atoms with Crippen LogP contribution >= 0.6 is 0 Å². The molecule has 1 amide bonds. The molecule has 1 aromatic carbocycles. The Bertz CT molecular complexity index is 527. The molecule has 1 atom stereocenters. The molecule has 1 aromatic rings. The minimum atomic E-state index is -3.83. The Morgan fingerprint density at radius 1 is 1.32 bits per heavy atom. The van der Waals surface area contributed by atoms with Gasteiger partial charge < -0.3 is 15.5 Å². The molecule has 0 saturated heterocycles. The van der Waals surface area contributed by atoms with E-state index in [2.05, 4.69) is 5.32 Å². The Morgan fingerprint density at radius 2 is 1.89 bits per heavy atom. The van der Waals surface area contributed by atoms with E-state index in [-0.39, 0.29) is 18.0 Å². The van der Waals surface area contributed by atoms with E-state index < -0.39 is 22.0 Å². The molecular weight excluding hydrogens is 272 g/mol. The van der Waals surface area contributed by atoms with Crippen molar-refractivity contribution in [3.8, 4) is 0 Å².